The van der Waals surface area contributed by atoms with Crippen molar-refractivity contribution in [2.45, 2.75) is 6.54 Å². The van der Waals surface area contributed by atoms with Crippen LogP contribution in [0.5, 0.6) is 5.75 Å². The fraction of sp³-hybridized carbons (Fsp3) is 0.0625. The van der Waals surface area contributed by atoms with Crippen LogP contribution in [-0.4, -0.2) is 21.0 Å². The van der Waals surface area contributed by atoms with Gasteiger partial charge >= 0.3 is 0 Å². The van der Waals surface area contributed by atoms with Crippen molar-refractivity contribution >= 4 is 16.8 Å². The van der Waals surface area contributed by atoms with Crippen molar-refractivity contribution in [1.29, 1.82) is 0 Å². The second kappa shape index (κ2) is 5.58. The van der Waals surface area contributed by atoms with E-state index in [4.69, 9.17) is 0 Å². The van der Waals surface area contributed by atoms with E-state index in [0.717, 1.165) is 16.5 Å². The smallest absolute Gasteiger partial charge is 0.274 e. The summed E-state index contributed by atoms with van der Waals surface area (Å²) >= 11 is 0. The Morgan fingerprint density at radius 1 is 1.05 bits per heavy atom. The number of fused-ring (bicyclic) bond motifs is 1. The second-order valence-corrected chi connectivity index (χ2v) is 4.55. The summed E-state index contributed by atoms with van der Waals surface area (Å²) < 4.78 is 0. The Bertz CT molecular complexity index is 797. The van der Waals surface area contributed by atoms with E-state index in [2.05, 4.69) is 15.3 Å². The molecular formula is C16H13N3O2. The van der Waals surface area contributed by atoms with Crippen molar-refractivity contribution in [3.8, 4) is 5.75 Å². The van der Waals surface area contributed by atoms with E-state index in [9.17, 15) is 9.90 Å². The molecule has 3 aromatic rings. The largest absolute Gasteiger partial charge is 0.505 e. The summed E-state index contributed by atoms with van der Waals surface area (Å²) in [5.41, 5.74) is 1.79. The number of pyridine rings is 2. The number of carbonyl (C=O) groups excluding carboxylic acids is 1. The molecule has 0 unspecified atom stereocenters. The highest BCUT2D eigenvalue weighted by Gasteiger charge is 2.12. The van der Waals surface area contributed by atoms with Gasteiger partial charge in [-0.05, 0) is 23.8 Å². The lowest BCUT2D eigenvalue weighted by molar-refractivity contribution is 0.0943. The number of hydrogen-bond acceptors (Lipinski definition) is 4. The number of nitrogens with zero attached hydrogens (tertiary/aromatic N) is 2. The fourth-order valence-corrected chi connectivity index (χ4v) is 2.14. The van der Waals surface area contributed by atoms with Crippen LogP contribution in [0.1, 0.15) is 16.1 Å². The summed E-state index contributed by atoms with van der Waals surface area (Å²) in [4.78, 5) is 20.2. The van der Waals surface area contributed by atoms with E-state index in [1.807, 2.05) is 30.3 Å². The SMILES string of the molecule is O=C(NCc1cccc2cccnc12)c1ncccc1O. The minimum Gasteiger partial charge on any atom is -0.505 e. The maximum Gasteiger partial charge on any atom is 0.274 e. The number of aromatic nitrogens is 2. The molecule has 0 fully saturated rings. The van der Waals surface area contributed by atoms with Crippen LogP contribution in [0, 0.1) is 0 Å². The first-order valence-electron chi connectivity index (χ1n) is 6.50. The molecule has 0 aliphatic rings. The Balaban J connectivity index is 1.81. The highest BCUT2D eigenvalue weighted by atomic mass is 16.3. The van der Waals surface area contributed by atoms with Gasteiger partial charge in [0.1, 0.15) is 5.75 Å². The molecule has 0 atom stereocenters. The normalized spacial score (nSPS) is 10.5. The molecule has 0 aliphatic heterocycles. The van der Waals surface area contributed by atoms with Gasteiger partial charge in [0.25, 0.3) is 5.91 Å². The standard InChI is InChI=1S/C16H13N3O2/c20-13-7-3-9-18-15(13)16(21)19-10-12-5-1-4-11-6-2-8-17-14(11)12/h1-9,20H,10H2,(H,19,21). The van der Waals surface area contributed by atoms with Crippen molar-refractivity contribution in [2.75, 3.05) is 0 Å². The number of rotatable bonds is 3. The average molecular weight is 279 g/mol. The molecule has 0 spiro atoms. The van der Waals surface area contributed by atoms with Crippen molar-refractivity contribution in [3.05, 3.63) is 66.1 Å². The number of nitrogens with one attached hydrogen (secondary N) is 1. The highest BCUT2D eigenvalue weighted by Crippen LogP contribution is 2.16. The monoisotopic (exact) mass is 279 g/mol. The third-order valence-corrected chi connectivity index (χ3v) is 3.16. The molecule has 104 valence electrons. The van der Waals surface area contributed by atoms with Crippen LogP contribution in [0.15, 0.2) is 54.9 Å². The maximum atomic E-state index is 12.0. The van der Waals surface area contributed by atoms with Crippen LogP contribution in [0.3, 0.4) is 0 Å². The van der Waals surface area contributed by atoms with Gasteiger partial charge < -0.3 is 10.4 Å². The van der Waals surface area contributed by atoms with E-state index < -0.39 is 5.91 Å². The molecule has 2 aromatic heterocycles. The van der Waals surface area contributed by atoms with Gasteiger partial charge in [-0.15, -0.1) is 0 Å². The number of carbonyl (C=O) groups is 1. The minimum atomic E-state index is -0.416. The lowest BCUT2D eigenvalue weighted by Crippen LogP contribution is -2.24. The van der Waals surface area contributed by atoms with Gasteiger partial charge in [-0.1, -0.05) is 24.3 Å². The Hall–Kier alpha value is -2.95. The first kappa shape index (κ1) is 13.1. The van der Waals surface area contributed by atoms with Gasteiger partial charge in [0.05, 0.1) is 5.52 Å². The summed E-state index contributed by atoms with van der Waals surface area (Å²) in [5, 5.41) is 13.4. The second-order valence-electron chi connectivity index (χ2n) is 4.55. The molecule has 2 heterocycles. The van der Waals surface area contributed by atoms with Crippen molar-refractivity contribution in [2.24, 2.45) is 0 Å². The van der Waals surface area contributed by atoms with Crippen LogP contribution in [-0.2, 0) is 6.54 Å². The number of hydrogen-bond donors (Lipinski definition) is 2. The van der Waals surface area contributed by atoms with Gasteiger partial charge in [-0.25, -0.2) is 4.98 Å². The topological polar surface area (TPSA) is 75.1 Å². The van der Waals surface area contributed by atoms with Gasteiger partial charge in [-0.3, -0.25) is 9.78 Å². The zero-order valence-electron chi connectivity index (χ0n) is 11.2. The Labute approximate surface area is 121 Å². The number of aromatic hydroxyl groups is 1. The molecule has 0 saturated heterocycles. The van der Waals surface area contributed by atoms with E-state index in [1.165, 1.54) is 12.3 Å². The molecular weight excluding hydrogens is 266 g/mol. The molecule has 2 N–H and O–H groups in total. The van der Waals surface area contributed by atoms with E-state index >= 15 is 0 Å². The Morgan fingerprint density at radius 3 is 2.67 bits per heavy atom. The molecule has 0 radical (unpaired) electrons. The Kier molecular flexibility index (Phi) is 3.47. The van der Waals surface area contributed by atoms with Gasteiger partial charge in [-0.2, -0.15) is 0 Å². The maximum absolute atomic E-state index is 12.0. The van der Waals surface area contributed by atoms with Crippen LogP contribution in [0.2, 0.25) is 0 Å². The first-order chi connectivity index (χ1) is 10.3. The summed E-state index contributed by atoms with van der Waals surface area (Å²) in [7, 11) is 0. The summed E-state index contributed by atoms with van der Waals surface area (Å²) in [6.45, 7) is 0.323. The molecule has 0 aliphatic carbocycles. The average Bonchev–Trinajstić information content (AvgIpc) is 2.53. The molecule has 1 aromatic carbocycles. The Morgan fingerprint density at radius 2 is 1.81 bits per heavy atom. The van der Waals surface area contributed by atoms with E-state index in [-0.39, 0.29) is 11.4 Å². The zero-order valence-corrected chi connectivity index (χ0v) is 11.2. The van der Waals surface area contributed by atoms with E-state index in [0.29, 0.717) is 6.54 Å². The molecule has 5 heteroatoms. The minimum absolute atomic E-state index is 0.0192. The van der Waals surface area contributed by atoms with Gasteiger partial charge in [0.15, 0.2) is 5.69 Å². The van der Waals surface area contributed by atoms with Crippen LogP contribution in [0.25, 0.3) is 10.9 Å². The van der Waals surface area contributed by atoms with E-state index in [1.54, 1.807) is 12.3 Å². The van der Waals surface area contributed by atoms with Crippen molar-refractivity contribution in [1.82, 2.24) is 15.3 Å². The summed E-state index contributed by atoms with van der Waals surface area (Å²) in [6.07, 6.45) is 3.19. The van der Waals surface area contributed by atoms with Crippen LogP contribution in [0.4, 0.5) is 0 Å². The summed E-state index contributed by atoms with van der Waals surface area (Å²) in [6, 6.07) is 12.6. The molecule has 0 saturated carbocycles. The van der Waals surface area contributed by atoms with Crippen molar-refractivity contribution < 1.29 is 9.90 Å². The highest BCUT2D eigenvalue weighted by molar-refractivity contribution is 5.95. The molecule has 1 amide bonds. The number of para-hydroxylation sites is 1. The number of benzene rings is 1. The van der Waals surface area contributed by atoms with Crippen molar-refractivity contribution in [3.63, 3.8) is 0 Å². The quantitative estimate of drug-likeness (QED) is 0.771. The third-order valence-electron chi connectivity index (χ3n) is 3.16. The molecule has 21 heavy (non-hydrogen) atoms. The molecule has 3 rings (SSSR count). The summed E-state index contributed by atoms with van der Waals surface area (Å²) in [5.74, 6) is -0.549. The fourth-order valence-electron chi connectivity index (χ4n) is 2.14. The number of amides is 1. The zero-order chi connectivity index (χ0) is 14.7. The first-order valence-corrected chi connectivity index (χ1v) is 6.50. The van der Waals surface area contributed by atoms with Crippen LogP contribution >= 0.6 is 0 Å². The van der Waals surface area contributed by atoms with Gasteiger partial charge in [0, 0.05) is 24.3 Å². The predicted molar refractivity (Wildman–Crippen MR) is 78.8 cm³/mol. The predicted octanol–water partition coefficient (Wildman–Crippen LogP) is 2.27. The molecule has 5 nitrogen and oxygen atoms in total. The molecule has 0 bridgehead atoms. The third kappa shape index (κ3) is 2.67. The van der Waals surface area contributed by atoms with Gasteiger partial charge in [0.2, 0.25) is 0 Å². The van der Waals surface area contributed by atoms with Crippen LogP contribution < -0.4 is 5.32 Å². The lowest BCUT2D eigenvalue weighted by Gasteiger charge is -2.08. The lowest BCUT2D eigenvalue weighted by atomic mass is 10.1.